The molecule has 0 spiro atoms. The fourth-order valence-corrected chi connectivity index (χ4v) is 1.13. The first-order chi connectivity index (χ1) is 5.57. The number of aliphatic hydroxyl groups excluding tert-OH is 4. The smallest absolute Gasteiger partial charge is 0.135 e. The van der Waals surface area contributed by atoms with Crippen LogP contribution >= 0.6 is 0 Å². The molecule has 1 saturated heterocycles. The van der Waals surface area contributed by atoms with E-state index >= 15 is 0 Å². The molecule has 1 rings (SSSR count). The first kappa shape index (κ1) is 9.85. The predicted octanol–water partition coefficient (Wildman–Crippen LogP) is -3.25. The monoisotopic (exact) mass is 179 g/mol. The minimum absolute atomic E-state index is 0.446. The Labute approximate surface area is 69.2 Å². The fraction of sp³-hybridized carbons (Fsp3) is 1.00. The Morgan fingerprint density at radius 3 is 2.17 bits per heavy atom. The van der Waals surface area contributed by atoms with E-state index in [9.17, 15) is 5.11 Å². The molecule has 6 nitrogen and oxygen atoms in total. The predicted molar refractivity (Wildman–Crippen MR) is 38.0 cm³/mol. The first-order valence-electron chi connectivity index (χ1n) is 3.64. The maximum atomic E-state index is 9.18. The molecule has 6 heteroatoms. The van der Waals surface area contributed by atoms with E-state index in [1.165, 1.54) is 0 Å². The maximum Gasteiger partial charge on any atom is 0.135 e. The molecule has 1 aliphatic rings. The topological polar surface area (TPSA) is 116 Å². The van der Waals surface area contributed by atoms with Gasteiger partial charge in [0, 0.05) is 0 Å². The molecule has 1 aliphatic heterocycles. The largest absolute Gasteiger partial charge is 0.394 e. The van der Waals surface area contributed by atoms with Crippen LogP contribution in [0.25, 0.3) is 0 Å². The Kier molecular flexibility index (Phi) is 2.99. The van der Waals surface area contributed by atoms with Gasteiger partial charge in [0.25, 0.3) is 0 Å². The zero-order chi connectivity index (χ0) is 9.30. The van der Waals surface area contributed by atoms with E-state index in [0.717, 1.165) is 0 Å². The van der Waals surface area contributed by atoms with Crippen molar-refractivity contribution in [3.05, 3.63) is 0 Å². The summed E-state index contributed by atoms with van der Waals surface area (Å²) in [5.74, 6) is 0. The highest BCUT2D eigenvalue weighted by Gasteiger charge is 2.41. The van der Waals surface area contributed by atoms with Gasteiger partial charge in [-0.3, -0.25) is 0 Å². The number of hydrogen-bond acceptors (Lipinski definition) is 6. The van der Waals surface area contributed by atoms with E-state index < -0.39 is 37.3 Å². The molecule has 12 heavy (non-hydrogen) atoms. The summed E-state index contributed by atoms with van der Waals surface area (Å²) in [6.07, 6.45) is -5.99. The number of ether oxygens (including phenoxy) is 1. The Bertz CT molecular complexity index is 150. The summed E-state index contributed by atoms with van der Waals surface area (Å²) in [6.45, 7) is -0.446. The Morgan fingerprint density at radius 2 is 1.67 bits per heavy atom. The number of hydrogen-bond donors (Lipinski definition) is 5. The second kappa shape index (κ2) is 3.65. The van der Waals surface area contributed by atoms with Gasteiger partial charge >= 0.3 is 0 Å². The van der Waals surface area contributed by atoms with Crippen LogP contribution in [0.3, 0.4) is 0 Å². The molecule has 6 N–H and O–H groups in total. The molecule has 0 bridgehead atoms. The van der Waals surface area contributed by atoms with Crippen LogP contribution in [-0.4, -0.2) is 57.7 Å². The molecular formula is C6H13NO5. The summed E-state index contributed by atoms with van der Waals surface area (Å²) in [5.41, 5.74) is 5.24. The van der Waals surface area contributed by atoms with Crippen LogP contribution < -0.4 is 5.73 Å². The second-order valence-electron chi connectivity index (χ2n) is 2.79. The molecule has 0 radical (unpaired) electrons. The Balaban J connectivity index is 2.63. The van der Waals surface area contributed by atoms with Gasteiger partial charge in [0.2, 0.25) is 0 Å². The van der Waals surface area contributed by atoms with Crippen LogP contribution in [0, 0.1) is 0 Å². The van der Waals surface area contributed by atoms with Crippen molar-refractivity contribution in [2.24, 2.45) is 5.73 Å². The average molecular weight is 179 g/mol. The normalized spacial score (nSPS) is 49.2. The zero-order valence-corrected chi connectivity index (χ0v) is 6.37. The van der Waals surface area contributed by atoms with Crippen molar-refractivity contribution in [1.29, 1.82) is 0 Å². The number of aliphatic hydroxyl groups is 4. The highest BCUT2D eigenvalue weighted by molar-refractivity contribution is 4.89. The van der Waals surface area contributed by atoms with Gasteiger partial charge in [0.05, 0.1) is 6.61 Å². The SMILES string of the molecule is NC1O[C@H](CO)[C@@H](O)C(O)C1O. The van der Waals surface area contributed by atoms with Gasteiger partial charge in [-0.1, -0.05) is 0 Å². The minimum atomic E-state index is -1.37. The molecule has 0 aromatic carbocycles. The lowest BCUT2D eigenvalue weighted by Crippen LogP contribution is -2.61. The molecule has 1 fully saturated rings. The minimum Gasteiger partial charge on any atom is -0.394 e. The summed E-state index contributed by atoms with van der Waals surface area (Å²) < 4.78 is 4.80. The molecule has 0 aromatic heterocycles. The highest BCUT2D eigenvalue weighted by atomic mass is 16.6. The van der Waals surface area contributed by atoms with Gasteiger partial charge in [-0.15, -0.1) is 0 Å². The van der Waals surface area contributed by atoms with Gasteiger partial charge in [-0.05, 0) is 0 Å². The molecule has 1 heterocycles. The molecule has 0 amide bonds. The van der Waals surface area contributed by atoms with E-state index in [-0.39, 0.29) is 0 Å². The molecule has 5 atom stereocenters. The third-order valence-electron chi connectivity index (χ3n) is 1.93. The quantitative estimate of drug-likeness (QED) is 0.288. The lowest BCUT2D eigenvalue weighted by atomic mass is 9.99. The Hall–Kier alpha value is -0.240. The van der Waals surface area contributed by atoms with Crippen LogP contribution in [0.2, 0.25) is 0 Å². The van der Waals surface area contributed by atoms with Gasteiger partial charge in [-0.25, -0.2) is 0 Å². The molecule has 3 unspecified atom stereocenters. The van der Waals surface area contributed by atoms with Crippen molar-refractivity contribution in [1.82, 2.24) is 0 Å². The van der Waals surface area contributed by atoms with E-state index in [1.54, 1.807) is 0 Å². The summed E-state index contributed by atoms with van der Waals surface area (Å²) in [4.78, 5) is 0. The van der Waals surface area contributed by atoms with Crippen LogP contribution in [0.1, 0.15) is 0 Å². The summed E-state index contributed by atoms with van der Waals surface area (Å²) >= 11 is 0. The third-order valence-corrected chi connectivity index (χ3v) is 1.93. The number of rotatable bonds is 1. The van der Waals surface area contributed by atoms with Crippen LogP contribution in [-0.2, 0) is 4.74 Å². The fourth-order valence-electron chi connectivity index (χ4n) is 1.13. The van der Waals surface area contributed by atoms with Crippen LogP contribution in [0.5, 0.6) is 0 Å². The van der Waals surface area contributed by atoms with Crippen molar-refractivity contribution in [2.75, 3.05) is 6.61 Å². The van der Waals surface area contributed by atoms with Gasteiger partial charge in [0.15, 0.2) is 0 Å². The van der Waals surface area contributed by atoms with Gasteiger partial charge < -0.3 is 30.9 Å². The molecule has 72 valence electrons. The van der Waals surface area contributed by atoms with Crippen LogP contribution in [0.4, 0.5) is 0 Å². The average Bonchev–Trinajstić information content (AvgIpc) is 2.08. The van der Waals surface area contributed by atoms with E-state index in [4.69, 9.17) is 25.8 Å². The molecular weight excluding hydrogens is 166 g/mol. The first-order valence-corrected chi connectivity index (χ1v) is 3.64. The molecule has 0 saturated carbocycles. The zero-order valence-electron chi connectivity index (χ0n) is 6.37. The highest BCUT2D eigenvalue weighted by Crippen LogP contribution is 2.17. The van der Waals surface area contributed by atoms with Crippen molar-refractivity contribution in [2.45, 2.75) is 30.6 Å². The second-order valence-corrected chi connectivity index (χ2v) is 2.79. The summed E-state index contributed by atoms with van der Waals surface area (Å²) in [5, 5.41) is 36.1. The molecule has 0 aliphatic carbocycles. The summed E-state index contributed by atoms with van der Waals surface area (Å²) in [7, 11) is 0. The van der Waals surface area contributed by atoms with E-state index in [0.29, 0.717) is 0 Å². The number of nitrogens with two attached hydrogens (primary N) is 1. The summed E-state index contributed by atoms with van der Waals surface area (Å²) in [6, 6.07) is 0. The van der Waals surface area contributed by atoms with Gasteiger partial charge in [-0.2, -0.15) is 0 Å². The van der Waals surface area contributed by atoms with Crippen LogP contribution in [0.15, 0.2) is 0 Å². The standard InChI is InChI=1S/C6H13NO5/c7-6-5(11)4(10)3(9)2(1-8)12-6/h2-6,8-11H,1,7H2/t2-,3-,4?,5?,6?/m1/s1. The third kappa shape index (κ3) is 1.58. The van der Waals surface area contributed by atoms with Gasteiger partial charge in [0.1, 0.15) is 30.6 Å². The van der Waals surface area contributed by atoms with E-state index in [1.807, 2.05) is 0 Å². The lowest BCUT2D eigenvalue weighted by molar-refractivity contribution is -0.227. The molecule has 0 aromatic rings. The van der Waals surface area contributed by atoms with Crippen molar-refractivity contribution >= 4 is 0 Å². The van der Waals surface area contributed by atoms with Crippen molar-refractivity contribution in [3.63, 3.8) is 0 Å². The van der Waals surface area contributed by atoms with Crippen molar-refractivity contribution < 1.29 is 25.2 Å². The van der Waals surface area contributed by atoms with E-state index in [2.05, 4.69) is 0 Å². The van der Waals surface area contributed by atoms with Crippen molar-refractivity contribution in [3.8, 4) is 0 Å². The maximum absolute atomic E-state index is 9.18. The lowest BCUT2D eigenvalue weighted by Gasteiger charge is -2.38. The Morgan fingerprint density at radius 1 is 1.08 bits per heavy atom.